The highest BCUT2D eigenvalue weighted by Crippen LogP contribution is 2.26. The molecule has 0 N–H and O–H groups in total. The number of aromatic nitrogens is 3. The van der Waals surface area contributed by atoms with Crippen LogP contribution in [0, 0.1) is 0 Å². The van der Waals surface area contributed by atoms with E-state index in [2.05, 4.69) is 21.3 Å². The van der Waals surface area contributed by atoms with Gasteiger partial charge in [0.1, 0.15) is 11.6 Å². The van der Waals surface area contributed by atoms with E-state index in [4.69, 9.17) is 24.2 Å². The van der Waals surface area contributed by atoms with Crippen LogP contribution >= 0.6 is 0 Å². The molecule has 192 valence electrons. The quantitative estimate of drug-likeness (QED) is 0.441. The molecule has 2 aliphatic heterocycles. The maximum absolute atomic E-state index is 12.1. The van der Waals surface area contributed by atoms with Gasteiger partial charge in [-0.3, -0.25) is 4.90 Å². The second-order valence-corrected chi connectivity index (χ2v) is 9.88. The van der Waals surface area contributed by atoms with Gasteiger partial charge in [0.2, 0.25) is 5.88 Å². The molecule has 36 heavy (non-hydrogen) atoms. The molecule has 0 aliphatic carbocycles. The van der Waals surface area contributed by atoms with Crippen LogP contribution in [0.2, 0.25) is 0 Å². The highest BCUT2D eigenvalue weighted by molar-refractivity contribution is 5.93. The molecule has 2 atom stereocenters. The van der Waals surface area contributed by atoms with Crippen LogP contribution in [0.15, 0.2) is 36.4 Å². The first-order valence-corrected chi connectivity index (χ1v) is 12.7. The number of carbonyl (C=O) groups is 1. The Labute approximate surface area is 212 Å². The first-order chi connectivity index (χ1) is 17.4. The molecule has 2 fully saturated rings. The van der Waals surface area contributed by atoms with Crippen molar-refractivity contribution < 1.29 is 19.0 Å². The van der Waals surface area contributed by atoms with E-state index in [1.54, 1.807) is 6.07 Å². The number of carbonyl (C=O) groups excluding carboxylic acids is 1. The molecule has 9 heteroatoms. The van der Waals surface area contributed by atoms with Gasteiger partial charge in [-0.2, -0.15) is 4.98 Å². The van der Waals surface area contributed by atoms with Crippen molar-refractivity contribution >= 4 is 22.8 Å². The average molecular weight is 494 g/mol. The minimum Gasteiger partial charge on any atom is -0.475 e. The van der Waals surface area contributed by atoms with Crippen LogP contribution in [0.25, 0.3) is 11.0 Å². The summed E-state index contributed by atoms with van der Waals surface area (Å²) in [7, 11) is 1.40. The first kappa shape index (κ1) is 24.5. The summed E-state index contributed by atoms with van der Waals surface area (Å²) in [6, 6.07) is 11.8. The van der Waals surface area contributed by atoms with E-state index in [9.17, 15) is 4.79 Å². The zero-order valence-electron chi connectivity index (χ0n) is 21.5. The summed E-state index contributed by atoms with van der Waals surface area (Å²) in [6.45, 7) is 11.2. The molecular formula is C27H35N5O4. The zero-order valence-corrected chi connectivity index (χ0v) is 21.5. The molecule has 3 aromatic rings. The van der Waals surface area contributed by atoms with Crippen LogP contribution < -0.4 is 9.64 Å². The standard InChI is InChI=1S/C27H35N5O4/c1-18(2)36-26-7-5-6-24(29-26)31-12-11-30(19(3)15-31)17-25-28-22-9-8-20(27(33)34-4)14-23(22)32(25)16-21-10-13-35-21/h5-9,14,18-19,21H,10-13,15-17H2,1-4H3/t19-,21-/m0/s1. The lowest BCUT2D eigenvalue weighted by Gasteiger charge is -2.40. The van der Waals surface area contributed by atoms with E-state index < -0.39 is 0 Å². The highest BCUT2D eigenvalue weighted by atomic mass is 16.5. The molecule has 2 aromatic heterocycles. The third-order valence-electron chi connectivity index (χ3n) is 6.93. The van der Waals surface area contributed by atoms with Crippen LogP contribution in [-0.4, -0.2) is 77.0 Å². The van der Waals surface area contributed by atoms with Crippen molar-refractivity contribution in [3.05, 3.63) is 47.8 Å². The summed E-state index contributed by atoms with van der Waals surface area (Å²) in [5.74, 6) is 2.26. The minimum atomic E-state index is -0.340. The van der Waals surface area contributed by atoms with Crippen molar-refractivity contribution in [2.24, 2.45) is 0 Å². The molecular weight excluding hydrogens is 458 g/mol. The van der Waals surface area contributed by atoms with Crippen molar-refractivity contribution in [1.82, 2.24) is 19.4 Å². The van der Waals surface area contributed by atoms with Crippen LogP contribution in [0.4, 0.5) is 5.82 Å². The summed E-state index contributed by atoms with van der Waals surface area (Å²) in [5.41, 5.74) is 2.36. The van der Waals surface area contributed by atoms with Crippen molar-refractivity contribution in [1.29, 1.82) is 0 Å². The topological polar surface area (TPSA) is 82.0 Å². The van der Waals surface area contributed by atoms with Gasteiger partial charge in [-0.1, -0.05) is 6.07 Å². The van der Waals surface area contributed by atoms with Crippen molar-refractivity contribution in [2.45, 2.75) is 58.5 Å². The van der Waals surface area contributed by atoms with Crippen LogP contribution in [0.3, 0.4) is 0 Å². The van der Waals surface area contributed by atoms with Gasteiger partial charge < -0.3 is 23.7 Å². The second kappa shape index (κ2) is 10.4. The highest BCUT2D eigenvalue weighted by Gasteiger charge is 2.28. The number of pyridine rings is 1. The summed E-state index contributed by atoms with van der Waals surface area (Å²) in [4.78, 5) is 26.6. The molecule has 9 nitrogen and oxygen atoms in total. The predicted octanol–water partition coefficient (Wildman–Crippen LogP) is 3.50. The normalized spacial score (nSPS) is 20.5. The Kier molecular flexibility index (Phi) is 7.11. The van der Waals surface area contributed by atoms with Crippen molar-refractivity contribution in [2.75, 3.05) is 38.3 Å². The number of hydrogen-bond acceptors (Lipinski definition) is 8. The summed E-state index contributed by atoms with van der Waals surface area (Å²) >= 11 is 0. The van der Waals surface area contributed by atoms with Gasteiger partial charge >= 0.3 is 5.97 Å². The van der Waals surface area contributed by atoms with Crippen molar-refractivity contribution in [3.63, 3.8) is 0 Å². The average Bonchev–Trinajstić information content (AvgIpc) is 3.17. The fraction of sp³-hybridized carbons (Fsp3) is 0.519. The van der Waals surface area contributed by atoms with E-state index in [-0.39, 0.29) is 18.2 Å². The van der Waals surface area contributed by atoms with E-state index in [0.29, 0.717) is 17.5 Å². The van der Waals surface area contributed by atoms with Gasteiger partial charge in [-0.25, -0.2) is 9.78 Å². The fourth-order valence-corrected chi connectivity index (χ4v) is 4.88. The number of benzene rings is 1. The molecule has 0 amide bonds. The Morgan fingerprint density at radius 3 is 2.72 bits per heavy atom. The van der Waals surface area contributed by atoms with Crippen molar-refractivity contribution in [3.8, 4) is 5.88 Å². The summed E-state index contributed by atoms with van der Waals surface area (Å²) in [6.07, 6.45) is 1.32. The predicted molar refractivity (Wildman–Crippen MR) is 138 cm³/mol. The number of piperazine rings is 1. The summed E-state index contributed by atoms with van der Waals surface area (Å²) < 4.78 is 18.7. The minimum absolute atomic E-state index is 0.0943. The number of esters is 1. The van der Waals surface area contributed by atoms with E-state index in [1.807, 2.05) is 44.2 Å². The number of methoxy groups -OCH3 is 1. The van der Waals surface area contributed by atoms with Gasteiger partial charge in [0.15, 0.2) is 0 Å². The Morgan fingerprint density at radius 1 is 1.19 bits per heavy atom. The first-order valence-electron chi connectivity index (χ1n) is 12.7. The second-order valence-electron chi connectivity index (χ2n) is 9.88. The SMILES string of the molecule is COC(=O)c1ccc2nc(CN3CCN(c4cccc(OC(C)C)n4)C[C@@H]3C)n(C[C@@H]3CCO3)c2c1. The molecule has 5 rings (SSSR count). The third-order valence-corrected chi connectivity index (χ3v) is 6.93. The van der Waals surface area contributed by atoms with E-state index >= 15 is 0 Å². The Hall–Kier alpha value is -3.17. The molecule has 0 unspecified atom stereocenters. The monoisotopic (exact) mass is 493 g/mol. The maximum atomic E-state index is 12.1. The van der Waals surface area contributed by atoms with Gasteiger partial charge in [0.05, 0.1) is 49.0 Å². The van der Waals surface area contributed by atoms with Crippen LogP contribution in [0.1, 0.15) is 43.4 Å². The molecule has 0 radical (unpaired) electrons. The molecule has 4 heterocycles. The lowest BCUT2D eigenvalue weighted by molar-refractivity contribution is -0.0592. The van der Waals surface area contributed by atoms with Gasteiger partial charge in [0, 0.05) is 38.3 Å². The van der Waals surface area contributed by atoms with Gasteiger partial charge in [-0.15, -0.1) is 0 Å². The number of ether oxygens (including phenoxy) is 3. The van der Waals surface area contributed by atoms with E-state index in [0.717, 1.165) is 68.4 Å². The van der Waals surface area contributed by atoms with Gasteiger partial charge in [-0.05, 0) is 51.5 Å². The number of nitrogens with zero attached hydrogens (tertiary/aromatic N) is 5. The molecule has 2 saturated heterocycles. The molecule has 0 spiro atoms. The number of hydrogen-bond donors (Lipinski definition) is 0. The number of imidazole rings is 1. The smallest absolute Gasteiger partial charge is 0.337 e. The Morgan fingerprint density at radius 2 is 2.03 bits per heavy atom. The fourth-order valence-electron chi connectivity index (χ4n) is 4.88. The van der Waals surface area contributed by atoms with E-state index in [1.165, 1.54) is 7.11 Å². The zero-order chi connectivity index (χ0) is 25.2. The van der Waals surface area contributed by atoms with Crippen LogP contribution in [0.5, 0.6) is 5.88 Å². The molecule has 0 bridgehead atoms. The Bertz CT molecular complexity index is 1220. The molecule has 2 aliphatic rings. The largest absolute Gasteiger partial charge is 0.475 e. The molecule has 0 saturated carbocycles. The maximum Gasteiger partial charge on any atom is 0.337 e. The molecule has 1 aromatic carbocycles. The lowest BCUT2D eigenvalue weighted by atomic mass is 10.1. The third kappa shape index (κ3) is 5.17. The van der Waals surface area contributed by atoms with Gasteiger partial charge in [0.25, 0.3) is 0 Å². The lowest BCUT2D eigenvalue weighted by Crippen LogP contribution is -2.52. The number of anilines is 1. The number of fused-ring (bicyclic) bond motifs is 1. The number of rotatable bonds is 8. The van der Waals surface area contributed by atoms with Crippen LogP contribution in [-0.2, 0) is 22.6 Å². The summed E-state index contributed by atoms with van der Waals surface area (Å²) in [5, 5.41) is 0. The Balaban J connectivity index is 1.34.